The van der Waals surface area contributed by atoms with E-state index in [0.717, 1.165) is 24.3 Å². The summed E-state index contributed by atoms with van der Waals surface area (Å²) >= 11 is 0. The van der Waals surface area contributed by atoms with E-state index in [0.29, 0.717) is 33.9 Å². The van der Waals surface area contributed by atoms with Gasteiger partial charge in [-0.15, -0.1) is 0 Å². The first-order valence-electron chi connectivity index (χ1n) is 17.5. The van der Waals surface area contributed by atoms with E-state index < -0.39 is 66.1 Å². The van der Waals surface area contributed by atoms with Gasteiger partial charge >= 0.3 is 6.01 Å². The van der Waals surface area contributed by atoms with E-state index in [9.17, 15) is 57.0 Å². The minimum Gasteiger partial charge on any atom is -0.479 e. The molecule has 7 N–H and O–H groups in total. The van der Waals surface area contributed by atoms with E-state index in [2.05, 4.69) is 46.0 Å². The summed E-state index contributed by atoms with van der Waals surface area (Å²) in [5.74, 6) is -0.164. The van der Waals surface area contributed by atoms with Gasteiger partial charge in [0.05, 0.1) is 22.7 Å². The monoisotopic (exact) mass is 935 g/mol. The maximum atomic E-state index is 12.2. The molecule has 0 saturated heterocycles. The van der Waals surface area contributed by atoms with Gasteiger partial charge in [-0.3, -0.25) is 18.2 Å². The van der Waals surface area contributed by atoms with Crippen LogP contribution in [0.15, 0.2) is 137 Å². The van der Waals surface area contributed by atoms with Gasteiger partial charge in [-0.05, 0) is 97.8 Å². The third-order valence-electron chi connectivity index (χ3n) is 8.99. The number of hydrogen-bond donors (Lipinski definition) is 7. The van der Waals surface area contributed by atoms with Crippen LogP contribution in [0.25, 0.3) is 21.5 Å². The van der Waals surface area contributed by atoms with Gasteiger partial charge in [-0.25, -0.2) is 0 Å². The molecule has 0 amide bonds. The summed E-state index contributed by atoms with van der Waals surface area (Å²) in [7, 11) is -19.3. The fraction of sp³-hybridized carbons (Fsp3) is 0.0541. The maximum Gasteiger partial charge on any atom is 0.320 e. The minimum absolute atomic E-state index is 0.0822. The smallest absolute Gasteiger partial charge is 0.320 e. The van der Waals surface area contributed by atoms with Crippen molar-refractivity contribution in [3.8, 4) is 6.01 Å². The van der Waals surface area contributed by atoms with Crippen molar-refractivity contribution < 1.29 is 57.0 Å². The van der Waals surface area contributed by atoms with Crippen molar-refractivity contribution in [3.63, 3.8) is 0 Å². The number of nitrogens with one attached hydrogen (secondary N) is 2. The number of benzene rings is 6. The number of rotatable bonds is 12. The summed E-state index contributed by atoms with van der Waals surface area (Å²) in [6, 6.07) is 20.2. The number of azo groups is 2. The van der Waals surface area contributed by atoms with Crippen LogP contribution in [-0.2, 0) is 40.5 Å². The standard InChI is InChI=1S/C37H29N9O13S4/c1-19-13-21(9-11-29(19)45-43-23-15-27-25(33(17-23)62(54,55)56)5-3-7-31(27)60(48,49)50)38-35-40-36(42-37(47)41-35)39-22-10-12-30(20(2)14-22)46-44-24-16-28-26(34(18-24)63(57,58)59)6-4-8-32(28)61(51,52)53/h3-18H,1-2H3,(H,48,49,50)(H,51,52,53)(H,54,55,56)(H,57,58,59)(H3,38,39,40,41,42,47)/b45-43+,46-44+. The van der Waals surface area contributed by atoms with Crippen molar-refractivity contribution in [1.82, 2.24) is 15.0 Å². The number of aryl methyl sites for hydroxylation is 2. The average Bonchev–Trinajstić information content (AvgIpc) is 3.17. The molecular weight excluding hydrogens is 907 g/mol. The summed E-state index contributed by atoms with van der Waals surface area (Å²) in [5.41, 5.74) is 2.20. The molecule has 324 valence electrons. The number of hydrogen-bond acceptors (Lipinski definition) is 18. The molecule has 0 aliphatic carbocycles. The molecule has 0 atom stereocenters. The molecule has 0 unspecified atom stereocenters. The quantitative estimate of drug-likeness (QED) is 0.0453. The first kappa shape index (κ1) is 44.2. The molecule has 26 heteroatoms. The second-order valence-corrected chi connectivity index (χ2v) is 19.0. The van der Waals surface area contributed by atoms with Crippen LogP contribution in [-0.4, -0.2) is 71.9 Å². The Morgan fingerprint density at radius 3 is 1.17 bits per heavy atom. The normalized spacial score (nSPS) is 12.7. The van der Waals surface area contributed by atoms with Crippen LogP contribution >= 0.6 is 0 Å². The largest absolute Gasteiger partial charge is 0.479 e. The van der Waals surface area contributed by atoms with Gasteiger partial charge in [0.1, 0.15) is 19.6 Å². The number of fused-ring (bicyclic) bond motifs is 2. The zero-order valence-electron chi connectivity index (χ0n) is 32.0. The van der Waals surface area contributed by atoms with Gasteiger partial charge in [0.15, 0.2) is 0 Å². The first-order chi connectivity index (χ1) is 29.4. The van der Waals surface area contributed by atoms with E-state index in [-0.39, 0.29) is 44.8 Å². The van der Waals surface area contributed by atoms with Crippen LogP contribution in [0.1, 0.15) is 11.1 Å². The van der Waals surface area contributed by atoms with Crippen molar-refractivity contribution in [2.24, 2.45) is 20.5 Å². The lowest BCUT2D eigenvalue weighted by Gasteiger charge is -2.11. The molecule has 1 aromatic heterocycles. The van der Waals surface area contributed by atoms with Crippen molar-refractivity contribution in [2.45, 2.75) is 33.4 Å². The highest BCUT2D eigenvalue weighted by atomic mass is 32.2. The van der Waals surface area contributed by atoms with Gasteiger partial charge < -0.3 is 15.7 Å². The summed E-state index contributed by atoms with van der Waals surface area (Å²) in [6.07, 6.45) is 0. The molecule has 0 aliphatic heterocycles. The maximum absolute atomic E-state index is 12.2. The first-order valence-corrected chi connectivity index (χ1v) is 23.3. The van der Waals surface area contributed by atoms with Crippen molar-refractivity contribution >= 4 is 108 Å². The zero-order chi connectivity index (χ0) is 45.6. The van der Waals surface area contributed by atoms with E-state index in [1.165, 1.54) is 48.5 Å². The lowest BCUT2D eigenvalue weighted by Crippen LogP contribution is -2.03. The third kappa shape index (κ3) is 9.92. The van der Waals surface area contributed by atoms with Gasteiger partial charge in [-0.2, -0.15) is 69.1 Å². The molecule has 0 aliphatic rings. The third-order valence-corrected chi connectivity index (χ3v) is 12.6. The Balaban J connectivity index is 1.09. The van der Waals surface area contributed by atoms with Crippen LogP contribution in [0.3, 0.4) is 0 Å². The van der Waals surface area contributed by atoms with Gasteiger partial charge in [-0.1, -0.05) is 24.3 Å². The lowest BCUT2D eigenvalue weighted by atomic mass is 10.1. The number of anilines is 4. The molecule has 6 aromatic carbocycles. The molecule has 0 spiro atoms. The Hall–Kier alpha value is -6.91. The average molecular weight is 936 g/mol. The Morgan fingerprint density at radius 2 is 0.825 bits per heavy atom. The molecule has 7 aromatic rings. The molecular formula is C37H29N9O13S4. The molecule has 1 heterocycles. The highest BCUT2D eigenvalue weighted by Crippen LogP contribution is 2.36. The number of aromatic hydroxyl groups is 1. The predicted molar refractivity (Wildman–Crippen MR) is 226 cm³/mol. The van der Waals surface area contributed by atoms with E-state index in [1.54, 1.807) is 38.1 Å². The Bertz CT molecular complexity index is 3340. The van der Waals surface area contributed by atoms with Crippen LogP contribution in [0.4, 0.5) is 46.0 Å². The van der Waals surface area contributed by atoms with Crippen LogP contribution in [0.2, 0.25) is 0 Å². The Morgan fingerprint density at radius 1 is 0.444 bits per heavy atom. The van der Waals surface area contributed by atoms with Gasteiger partial charge in [0.25, 0.3) is 40.5 Å². The number of aromatic nitrogens is 3. The molecule has 0 radical (unpaired) electrons. The van der Waals surface area contributed by atoms with Crippen molar-refractivity contribution in [2.75, 3.05) is 10.6 Å². The highest BCUT2D eigenvalue weighted by molar-refractivity contribution is 7.87. The predicted octanol–water partition coefficient (Wildman–Crippen LogP) is 7.81. The lowest BCUT2D eigenvalue weighted by molar-refractivity contribution is 0.430. The Labute approximate surface area is 357 Å². The van der Waals surface area contributed by atoms with Crippen molar-refractivity contribution in [3.05, 3.63) is 108 Å². The van der Waals surface area contributed by atoms with E-state index in [1.807, 2.05) is 0 Å². The summed E-state index contributed by atoms with van der Waals surface area (Å²) in [6.45, 7) is 3.34. The molecule has 63 heavy (non-hydrogen) atoms. The van der Waals surface area contributed by atoms with E-state index >= 15 is 0 Å². The van der Waals surface area contributed by atoms with Gasteiger partial charge in [0.2, 0.25) is 11.9 Å². The molecule has 0 fully saturated rings. The van der Waals surface area contributed by atoms with E-state index in [4.69, 9.17) is 0 Å². The fourth-order valence-electron chi connectivity index (χ4n) is 6.26. The Kier molecular flexibility index (Phi) is 11.5. The zero-order valence-corrected chi connectivity index (χ0v) is 35.3. The van der Waals surface area contributed by atoms with Crippen LogP contribution in [0.5, 0.6) is 6.01 Å². The fourth-order valence-corrected chi connectivity index (χ4v) is 9.11. The second kappa shape index (κ2) is 16.4. The van der Waals surface area contributed by atoms with Crippen LogP contribution in [0, 0.1) is 13.8 Å². The molecule has 0 saturated carbocycles. The highest BCUT2D eigenvalue weighted by Gasteiger charge is 2.23. The second-order valence-electron chi connectivity index (χ2n) is 13.4. The van der Waals surface area contributed by atoms with Crippen molar-refractivity contribution in [1.29, 1.82) is 0 Å². The SMILES string of the molecule is Cc1cc(Nc2nc(O)nc(Nc3ccc(/N=N/c4cc(S(=O)(=O)O)c5cccc(S(=O)(=O)O)c5c4)c(C)c3)n2)ccc1/N=N/c1cc(S(=O)(=O)O)c2cccc(S(=O)(=O)O)c2c1. The minimum atomic E-state index is -4.87. The van der Waals surface area contributed by atoms with Crippen LogP contribution < -0.4 is 10.6 Å². The van der Waals surface area contributed by atoms with Gasteiger partial charge in [0, 0.05) is 32.9 Å². The topological polar surface area (TPSA) is 350 Å². The summed E-state index contributed by atoms with van der Waals surface area (Å²) in [5, 5.41) is 31.7. The summed E-state index contributed by atoms with van der Waals surface area (Å²) < 4.78 is 136. The molecule has 7 rings (SSSR count). The molecule has 22 nitrogen and oxygen atoms in total. The molecule has 0 bridgehead atoms. The summed E-state index contributed by atoms with van der Waals surface area (Å²) in [4.78, 5) is 9.58. The number of nitrogens with zero attached hydrogens (tertiary/aromatic N) is 7.